The Labute approximate surface area is 99.2 Å². The van der Waals surface area contributed by atoms with Crippen LogP contribution in [0.15, 0.2) is 24.3 Å². The summed E-state index contributed by atoms with van der Waals surface area (Å²) in [4.78, 5) is 12.9. The van der Waals surface area contributed by atoms with Gasteiger partial charge < -0.3 is 15.4 Å². The van der Waals surface area contributed by atoms with Crippen molar-refractivity contribution in [1.29, 1.82) is 0 Å². The van der Waals surface area contributed by atoms with Crippen molar-refractivity contribution < 1.29 is 13.9 Å². The lowest BCUT2D eigenvalue weighted by Crippen LogP contribution is -2.40. The third-order valence-electron chi connectivity index (χ3n) is 3.03. The molecule has 1 heterocycles. The number of rotatable bonds is 3. The molecule has 5 heteroatoms. The maximum atomic E-state index is 13.0. The molecule has 0 aromatic heterocycles. The lowest BCUT2D eigenvalue weighted by atomic mass is 10.0. The highest BCUT2D eigenvalue weighted by Crippen LogP contribution is 2.21. The van der Waals surface area contributed by atoms with Gasteiger partial charge in [0.25, 0.3) is 0 Å². The molecule has 0 spiro atoms. The fourth-order valence-corrected chi connectivity index (χ4v) is 2.06. The van der Waals surface area contributed by atoms with Gasteiger partial charge >= 0.3 is 6.09 Å². The van der Waals surface area contributed by atoms with E-state index in [9.17, 15) is 9.18 Å². The number of nitrogens with zero attached hydrogens (tertiary/aromatic N) is 1. The number of hydrogen-bond acceptors (Lipinski definition) is 3. The van der Waals surface area contributed by atoms with Crippen LogP contribution in [0.3, 0.4) is 0 Å². The molecule has 1 fully saturated rings. The average Bonchev–Trinajstić information content (AvgIpc) is 2.54. The minimum absolute atomic E-state index is 0.147. The van der Waals surface area contributed by atoms with E-state index in [1.807, 2.05) is 6.07 Å². The Morgan fingerprint density at radius 3 is 2.94 bits per heavy atom. The standard InChI is InChI=1S/C12H15FN2O2/c1-15-10(7-14)11(17-12(15)16)6-8-3-2-4-9(13)5-8/h2-5,10-11H,6-7,14H2,1H3. The second kappa shape index (κ2) is 4.71. The van der Waals surface area contributed by atoms with Gasteiger partial charge in [0.1, 0.15) is 11.9 Å². The first-order valence-corrected chi connectivity index (χ1v) is 5.49. The molecule has 0 radical (unpaired) electrons. The molecule has 0 aliphatic carbocycles. The molecule has 1 aliphatic heterocycles. The van der Waals surface area contributed by atoms with E-state index in [4.69, 9.17) is 10.5 Å². The zero-order chi connectivity index (χ0) is 12.4. The maximum Gasteiger partial charge on any atom is 0.410 e. The molecule has 2 unspecified atom stereocenters. The molecule has 2 rings (SSSR count). The van der Waals surface area contributed by atoms with E-state index in [2.05, 4.69) is 0 Å². The molecule has 92 valence electrons. The van der Waals surface area contributed by atoms with Crippen LogP contribution in [-0.2, 0) is 11.2 Å². The second-order valence-electron chi connectivity index (χ2n) is 4.17. The van der Waals surface area contributed by atoms with E-state index in [0.717, 1.165) is 5.56 Å². The van der Waals surface area contributed by atoms with E-state index in [-0.39, 0.29) is 24.1 Å². The summed E-state index contributed by atoms with van der Waals surface area (Å²) in [5.74, 6) is -0.288. The largest absolute Gasteiger partial charge is 0.443 e. The molecule has 1 aliphatic rings. The molecular formula is C12H15FN2O2. The number of benzene rings is 1. The third kappa shape index (κ3) is 2.39. The van der Waals surface area contributed by atoms with E-state index in [1.54, 1.807) is 13.1 Å². The van der Waals surface area contributed by atoms with Crippen molar-refractivity contribution >= 4 is 6.09 Å². The first-order valence-electron chi connectivity index (χ1n) is 5.49. The number of nitrogens with two attached hydrogens (primary N) is 1. The number of carbonyl (C=O) groups is 1. The molecule has 17 heavy (non-hydrogen) atoms. The normalized spacial score (nSPS) is 23.9. The Hall–Kier alpha value is -1.62. The van der Waals surface area contributed by atoms with Gasteiger partial charge in [-0.25, -0.2) is 9.18 Å². The van der Waals surface area contributed by atoms with E-state index < -0.39 is 0 Å². The maximum absolute atomic E-state index is 13.0. The molecule has 2 N–H and O–H groups in total. The van der Waals surface area contributed by atoms with Gasteiger partial charge in [0.05, 0.1) is 6.04 Å². The summed E-state index contributed by atoms with van der Waals surface area (Å²) in [6.45, 7) is 0.336. The number of ether oxygens (including phenoxy) is 1. The van der Waals surface area contributed by atoms with Crippen molar-refractivity contribution in [3.05, 3.63) is 35.6 Å². The monoisotopic (exact) mass is 238 g/mol. The van der Waals surface area contributed by atoms with Gasteiger partial charge in [-0.1, -0.05) is 12.1 Å². The highest BCUT2D eigenvalue weighted by molar-refractivity contribution is 5.70. The SMILES string of the molecule is CN1C(=O)OC(Cc2cccc(F)c2)C1CN. The zero-order valence-corrected chi connectivity index (χ0v) is 9.60. The fraction of sp³-hybridized carbons (Fsp3) is 0.417. The number of likely N-dealkylation sites (N-methyl/N-ethyl adjacent to an activating group) is 1. The summed E-state index contributed by atoms with van der Waals surface area (Å²) in [5, 5.41) is 0. The number of carbonyl (C=O) groups excluding carboxylic acids is 1. The van der Waals surface area contributed by atoms with Crippen LogP contribution in [0.25, 0.3) is 0 Å². The summed E-state index contributed by atoms with van der Waals surface area (Å²) in [5.41, 5.74) is 6.41. The van der Waals surface area contributed by atoms with Crippen molar-refractivity contribution in [3.8, 4) is 0 Å². The van der Waals surface area contributed by atoms with Crippen molar-refractivity contribution in [3.63, 3.8) is 0 Å². The van der Waals surface area contributed by atoms with Gasteiger partial charge in [-0.2, -0.15) is 0 Å². The Bertz CT molecular complexity index is 425. The highest BCUT2D eigenvalue weighted by Gasteiger charge is 2.38. The lowest BCUT2D eigenvalue weighted by molar-refractivity contribution is 0.130. The molecular weight excluding hydrogens is 223 g/mol. The third-order valence-corrected chi connectivity index (χ3v) is 3.03. The number of halogens is 1. The minimum atomic E-state index is -0.373. The summed E-state index contributed by atoms with van der Waals surface area (Å²) in [6.07, 6.45) is -0.198. The van der Waals surface area contributed by atoms with Gasteiger partial charge in [0.2, 0.25) is 0 Å². The van der Waals surface area contributed by atoms with Gasteiger partial charge in [-0.05, 0) is 17.7 Å². The molecule has 1 saturated heterocycles. The fourth-order valence-electron chi connectivity index (χ4n) is 2.06. The van der Waals surface area contributed by atoms with Crippen LogP contribution < -0.4 is 5.73 Å². The number of hydrogen-bond donors (Lipinski definition) is 1. The predicted octanol–water partition coefficient (Wildman–Crippen LogP) is 1.15. The molecule has 1 aromatic carbocycles. The van der Waals surface area contributed by atoms with Crippen LogP contribution in [0, 0.1) is 5.82 Å². The van der Waals surface area contributed by atoms with Crippen molar-refractivity contribution in [2.75, 3.05) is 13.6 Å². The summed E-state index contributed by atoms with van der Waals surface area (Å²) in [6, 6.07) is 6.13. The highest BCUT2D eigenvalue weighted by atomic mass is 19.1. The topological polar surface area (TPSA) is 55.6 Å². The van der Waals surface area contributed by atoms with Crippen molar-refractivity contribution in [2.45, 2.75) is 18.6 Å². The molecule has 1 amide bonds. The molecule has 4 nitrogen and oxygen atoms in total. The van der Waals surface area contributed by atoms with Crippen molar-refractivity contribution in [2.24, 2.45) is 5.73 Å². The van der Waals surface area contributed by atoms with Crippen LogP contribution in [0.5, 0.6) is 0 Å². The molecule has 1 aromatic rings. The van der Waals surface area contributed by atoms with Crippen LogP contribution in [0.1, 0.15) is 5.56 Å². The quantitative estimate of drug-likeness (QED) is 0.859. The Morgan fingerprint density at radius 1 is 1.53 bits per heavy atom. The van der Waals surface area contributed by atoms with Crippen LogP contribution in [0.2, 0.25) is 0 Å². The first-order chi connectivity index (χ1) is 8.11. The molecule has 2 atom stereocenters. The van der Waals surface area contributed by atoms with Crippen LogP contribution in [0.4, 0.5) is 9.18 Å². The van der Waals surface area contributed by atoms with Gasteiger partial charge in [-0.3, -0.25) is 0 Å². The van der Waals surface area contributed by atoms with E-state index in [1.165, 1.54) is 17.0 Å². The van der Waals surface area contributed by atoms with Gasteiger partial charge in [0, 0.05) is 20.0 Å². The van der Waals surface area contributed by atoms with Gasteiger partial charge in [0.15, 0.2) is 0 Å². The first kappa shape index (κ1) is 11.9. The lowest BCUT2D eigenvalue weighted by Gasteiger charge is -2.19. The molecule has 0 saturated carbocycles. The predicted molar refractivity (Wildman–Crippen MR) is 61.0 cm³/mol. The minimum Gasteiger partial charge on any atom is -0.443 e. The Kier molecular flexibility index (Phi) is 3.28. The Balaban J connectivity index is 2.11. The number of cyclic esters (lactones) is 1. The van der Waals surface area contributed by atoms with E-state index >= 15 is 0 Å². The molecule has 0 bridgehead atoms. The average molecular weight is 238 g/mol. The summed E-state index contributed by atoms with van der Waals surface area (Å²) in [7, 11) is 1.66. The zero-order valence-electron chi connectivity index (χ0n) is 9.60. The summed E-state index contributed by atoms with van der Waals surface area (Å²) >= 11 is 0. The van der Waals surface area contributed by atoms with Gasteiger partial charge in [-0.15, -0.1) is 0 Å². The van der Waals surface area contributed by atoms with Crippen LogP contribution in [-0.4, -0.2) is 36.7 Å². The summed E-state index contributed by atoms with van der Waals surface area (Å²) < 4.78 is 18.2. The van der Waals surface area contributed by atoms with Crippen molar-refractivity contribution in [1.82, 2.24) is 4.90 Å². The smallest absolute Gasteiger partial charge is 0.410 e. The second-order valence-corrected chi connectivity index (χ2v) is 4.17. The van der Waals surface area contributed by atoms with Crippen LogP contribution >= 0.6 is 0 Å². The Morgan fingerprint density at radius 2 is 2.29 bits per heavy atom. The number of amides is 1. The van der Waals surface area contributed by atoms with E-state index in [0.29, 0.717) is 13.0 Å².